The molecule has 1 aliphatic heterocycles. The third kappa shape index (κ3) is 5.43. The van der Waals surface area contributed by atoms with Gasteiger partial charge in [0.15, 0.2) is 6.61 Å². The van der Waals surface area contributed by atoms with Crippen molar-refractivity contribution in [2.24, 2.45) is 0 Å². The van der Waals surface area contributed by atoms with E-state index in [0.29, 0.717) is 23.3 Å². The van der Waals surface area contributed by atoms with E-state index in [1.165, 1.54) is 0 Å². The lowest BCUT2D eigenvalue weighted by atomic mass is 9.93. The summed E-state index contributed by atoms with van der Waals surface area (Å²) in [6.07, 6.45) is 0.103. The second-order valence-electron chi connectivity index (χ2n) is 8.23. The number of hydrogen-bond donors (Lipinski definition) is 2. The van der Waals surface area contributed by atoms with Gasteiger partial charge in [-0.2, -0.15) is 0 Å². The van der Waals surface area contributed by atoms with Crippen molar-refractivity contribution in [3.63, 3.8) is 0 Å². The average molecular weight is 459 g/mol. The maximum absolute atomic E-state index is 12.5. The highest BCUT2D eigenvalue weighted by molar-refractivity contribution is 5.92. The molecule has 0 aliphatic carbocycles. The Hall–Kier alpha value is -4.13. The Morgan fingerprint density at radius 3 is 2.59 bits per heavy atom. The van der Waals surface area contributed by atoms with Crippen LogP contribution in [0.5, 0.6) is 5.75 Å². The summed E-state index contributed by atoms with van der Waals surface area (Å²) in [7, 11) is 0. The predicted octanol–water partition coefficient (Wildman–Crippen LogP) is 3.64. The number of esters is 1. The van der Waals surface area contributed by atoms with Crippen LogP contribution in [0.1, 0.15) is 38.7 Å². The van der Waals surface area contributed by atoms with Crippen LogP contribution in [0.4, 0.5) is 0 Å². The van der Waals surface area contributed by atoms with Crippen LogP contribution in [0.15, 0.2) is 72.8 Å². The molecule has 0 bridgehead atoms. The van der Waals surface area contributed by atoms with Crippen molar-refractivity contribution in [2.75, 3.05) is 6.61 Å². The molecular weight excluding hydrogens is 434 g/mol. The van der Waals surface area contributed by atoms with Crippen molar-refractivity contribution < 1.29 is 29.0 Å². The number of benzene rings is 3. The molecule has 0 aromatic heterocycles. The molecule has 1 heterocycles. The molecule has 2 unspecified atom stereocenters. The fourth-order valence-electron chi connectivity index (χ4n) is 3.99. The maximum atomic E-state index is 12.5. The van der Waals surface area contributed by atoms with Gasteiger partial charge < -0.3 is 19.9 Å². The van der Waals surface area contributed by atoms with Crippen LogP contribution in [0.3, 0.4) is 0 Å². The normalized spacial score (nSPS) is 15.6. The smallest absolute Gasteiger partial charge is 0.339 e. The summed E-state index contributed by atoms with van der Waals surface area (Å²) in [6, 6.07) is 20.7. The van der Waals surface area contributed by atoms with Crippen molar-refractivity contribution >= 4 is 17.8 Å². The summed E-state index contributed by atoms with van der Waals surface area (Å²) in [4.78, 5) is 36.6. The number of carboxylic acids is 1. The molecule has 3 aromatic carbocycles. The zero-order chi connectivity index (χ0) is 24.1. The number of aliphatic carboxylic acids is 1. The molecule has 7 heteroatoms. The van der Waals surface area contributed by atoms with Crippen molar-refractivity contribution in [2.45, 2.75) is 31.9 Å². The number of ether oxygens (including phenoxy) is 2. The minimum absolute atomic E-state index is 0.162. The van der Waals surface area contributed by atoms with Gasteiger partial charge in [0.2, 0.25) is 0 Å². The Labute approximate surface area is 197 Å². The first-order valence-electron chi connectivity index (χ1n) is 11.0. The van der Waals surface area contributed by atoms with Gasteiger partial charge in [-0.05, 0) is 36.2 Å². The molecule has 4 rings (SSSR count). The molecule has 0 saturated carbocycles. The fraction of sp³-hybridized carbons (Fsp3) is 0.222. The first kappa shape index (κ1) is 23.0. The Morgan fingerprint density at radius 1 is 1.09 bits per heavy atom. The fourth-order valence-corrected chi connectivity index (χ4v) is 3.99. The summed E-state index contributed by atoms with van der Waals surface area (Å²) >= 11 is 0. The van der Waals surface area contributed by atoms with Crippen LogP contribution < -0.4 is 10.1 Å². The van der Waals surface area contributed by atoms with Gasteiger partial charge in [0.05, 0.1) is 5.56 Å². The van der Waals surface area contributed by atoms with Gasteiger partial charge in [0.1, 0.15) is 17.9 Å². The van der Waals surface area contributed by atoms with Gasteiger partial charge in [-0.3, -0.25) is 4.79 Å². The lowest BCUT2D eigenvalue weighted by Gasteiger charge is -2.26. The van der Waals surface area contributed by atoms with E-state index in [1.807, 2.05) is 49.4 Å². The molecular formula is C27H25NO6. The maximum Gasteiger partial charge on any atom is 0.339 e. The quantitative estimate of drug-likeness (QED) is 0.499. The van der Waals surface area contributed by atoms with E-state index in [9.17, 15) is 19.5 Å². The van der Waals surface area contributed by atoms with E-state index in [-0.39, 0.29) is 13.0 Å². The lowest BCUT2D eigenvalue weighted by Crippen LogP contribution is -2.44. The van der Waals surface area contributed by atoms with Gasteiger partial charge in [-0.1, -0.05) is 60.2 Å². The number of carbonyl (C=O) groups excluding carboxylic acids is 2. The van der Waals surface area contributed by atoms with Crippen LogP contribution in [0.2, 0.25) is 0 Å². The SMILES string of the molecule is Cc1ccc(OCC(=O)NC(Cc2ccccc2)C(=O)O)c(C2Cc3ccccc3C(=O)O2)c1. The first-order valence-corrected chi connectivity index (χ1v) is 11.0. The van der Waals surface area contributed by atoms with Crippen LogP contribution in [-0.2, 0) is 27.2 Å². The molecule has 0 saturated heterocycles. The van der Waals surface area contributed by atoms with Gasteiger partial charge in [0.25, 0.3) is 5.91 Å². The minimum Gasteiger partial charge on any atom is -0.483 e. The van der Waals surface area contributed by atoms with E-state index >= 15 is 0 Å². The molecule has 3 aromatic rings. The van der Waals surface area contributed by atoms with Gasteiger partial charge >= 0.3 is 11.9 Å². The molecule has 34 heavy (non-hydrogen) atoms. The van der Waals surface area contributed by atoms with Gasteiger partial charge in [-0.25, -0.2) is 9.59 Å². The Morgan fingerprint density at radius 2 is 1.82 bits per heavy atom. The zero-order valence-electron chi connectivity index (χ0n) is 18.7. The number of rotatable bonds is 8. The summed E-state index contributed by atoms with van der Waals surface area (Å²) in [5.41, 5.74) is 3.85. The minimum atomic E-state index is -1.12. The Balaban J connectivity index is 1.45. The van der Waals surface area contributed by atoms with Crippen LogP contribution in [0.25, 0.3) is 0 Å². The number of carbonyl (C=O) groups is 3. The second kappa shape index (κ2) is 10.2. The van der Waals surface area contributed by atoms with Crippen LogP contribution in [0, 0.1) is 6.92 Å². The number of carboxylic acid groups (broad SMARTS) is 1. The summed E-state index contributed by atoms with van der Waals surface area (Å²) in [5, 5.41) is 12.0. The Kier molecular flexibility index (Phi) is 6.92. The largest absolute Gasteiger partial charge is 0.483 e. The molecule has 174 valence electrons. The van der Waals surface area contributed by atoms with Crippen LogP contribution in [-0.4, -0.2) is 35.6 Å². The highest BCUT2D eigenvalue weighted by atomic mass is 16.5. The summed E-state index contributed by atoms with van der Waals surface area (Å²) in [6.45, 7) is 1.55. The predicted molar refractivity (Wildman–Crippen MR) is 125 cm³/mol. The highest BCUT2D eigenvalue weighted by Gasteiger charge is 2.29. The van der Waals surface area contributed by atoms with E-state index < -0.39 is 30.0 Å². The number of cyclic esters (lactones) is 1. The van der Waals surface area contributed by atoms with Crippen molar-refractivity contribution in [3.8, 4) is 5.75 Å². The average Bonchev–Trinajstić information content (AvgIpc) is 2.83. The number of fused-ring (bicyclic) bond motifs is 1. The molecule has 0 fully saturated rings. The molecule has 7 nitrogen and oxygen atoms in total. The molecule has 2 atom stereocenters. The van der Waals surface area contributed by atoms with Crippen molar-refractivity contribution in [1.82, 2.24) is 5.32 Å². The first-order chi connectivity index (χ1) is 16.4. The number of amides is 1. The number of hydrogen-bond acceptors (Lipinski definition) is 5. The number of nitrogens with one attached hydrogen (secondary N) is 1. The molecule has 1 aliphatic rings. The monoisotopic (exact) mass is 459 g/mol. The summed E-state index contributed by atoms with van der Waals surface area (Å²) in [5.74, 6) is -1.67. The van der Waals surface area contributed by atoms with E-state index in [4.69, 9.17) is 9.47 Å². The van der Waals surface area contributed by atoms with Gasteiger partial charge in [0, 0.05) is 18.4 Å². The third-order valence-corrected chi connectivity index (χ3v) is 5.68. The molecule has 0 radical (unpaired) electrons. The highest BCUT2D eigenvalue weighted by Crippen LogP contribution is 2.35. The van der Waals surface area contributed by atoms with Crippen molar-refractivity contribution in [1.29, 1.82) is 0 Å². The Bertz CT molecular complexity index is 1210. The van der Waals surface area contributed by atoms with Gasteiger partial charge in [-0.15, -0.1) is 0 Å². The van der Waals surface area contributed by atoms with Crippen molar-refractivity contribution in [3.05, 3.63) is 101 Å². The molecule has 0 spiro atoms. The van der Waals surface area contributed by atoms with E-state index in [2.05, 4.69) is 5.32 Å². The number of aryl methyl sites for hydroxylation is 1. The molecule has 1 amide bonds. The third-order valence-electron chi connectivity index (χ3n) is 5.68. The zero-order valence-corrected chi connectivity index (χ0v) is 18.7. The lowest BCUT2D eigenvalue weighted by molar-refractivity contribution is -0.142. The summed E-state index contributed by atoms with van der Waals surface area (Å²) < 4.78 is 11.4. The molecule has 2 N–H and O–H groups in total. The second-order valence-corrected chi connectivity index (χ2v) is 8.23. The van der Waals surface area contributed by atoms with E-state index in [0.717, 1.165) is 16.7 Å². The standard InChI is InChI=1S/C27H25NO6/c1-17-11-12-23(21(13-17)24-15-19-9-5-6-10-20(19)27(32)34-24)33-16-25(29)28-22(26(30)31)14-18-7-3-2-4-8-18/h2-13,22,24H,14-16H2,1H3,(H,28,29)(H,30,31). The van der Waals surface area contributed by atoms with Crippen LogP contribution >= 0.6 is 0 Å². The topological polar surface area (TPSA) is 102 Å². The van der Waals surface area contributed by atoms with E-state index in [1.54, 1.807) is 30.3 Å².